The minimum atomic E-state index is 0. The number of carbonyl (C=O) groups is 1. The third-order valence-electron chi connectivity index (χ3n) is 3.66. The number of hydrogen-bond acceptors (Lipinski definition) is 3. The van der Waals surface area contributed by atoms with Crippen molar-refractivity contribution in [1.29, 1.82) is 0 Å². The van der Waals surface area contributed by atoms with Gasteiger partial charge in [0.15, 0.2) is 0 Å². The van der Waals surface area contributed by atoms with Gasteiger partial charge in [0.25, 0.3) is 0 Å². The van der Waals surface area contributed by atoms with Crippen LogP contribution in [-0.4, -0.2) is 50.1 Å². The molecule has 2 N–H and O–H groups in total. The summed E-state index contributed by atoms with van der Waals surface area (Å²) in [5, 5.41) is 6.13. The highest BCUT2D eigenvalue weighted by Crippen LogP contribution is 2.22. The molecule has 0 saturated carbocycles. The minimum absolute atomic E-state index is 0. The van der Waals surface area contributed by atoms with Crippen LogP contribution in [-0.2, 0) is 4.79 Å². The van der Waals surface area contributed by atoms with Crippen LogP contribution in [0, 0.1) is 5.92 Å². The van der Waals surface area contributed by atoms with Gasteiger partial charge in [-0.05, 0) is 38.9 Å². The van der Waals surface area contributed by atoms with E-state index in [0.29, 0.717) is 6.04 Å². The second kappa shape index (κ2) is 8.14. The van der Waals surface area contributed by atoms with E-state index in [-0.39, 0.29) is 36.6 Å². The lowest BCUT2D eigenvalue weighted by atomic mass is 10.1. The molecule has 4 nitrogen and oxygen atoms in total. The van der Waals surface area contributed by atoms with E-state index in [2.05, 4.69) is 15.5 Å². The van der Waals surface area contributed by atoms with Crippen molar-refractivity contribution >= 4 is 30.7 Å². The zero-order valence-electron chi connectivity index (χ0n) is 10.3. The summed E-state index contributed by atoms with van der Waals surface area (Å²) in [4.78, 5) is 14.0. The molecule has 1 amide bonds. The molecule has 0 aromatic carbocycles. The fourth-order valence-electron chi connectivity index (χ4n) is 2.71. The lowest BCUT2D eigenvalue weighted by Crippen LogP contribution is -2.42. The topological polar surface area (TPSA) is 44.4 Å². The Balaban J connectivity index is 0.00000128. The van der Waals surface area contributed by atoms with Crippen LogP contribution in [0.3, 0.4) is 0 Å². The molecule has 0 spiro atoms. The first-order chi connectivity index (χ1) is 7.31. The third-order valence-corrected chi connectivity index (χ3v) is 3.66. The van der Waals surface area contributed by atoms with E-state index in [4.69, 9.17) is 0 Å². The molecule has 2 aliphatic heterocycles. The van der Waals surface area contributed by atoms with Gasteiger partial charge in [0.2, 0.25) is 5.91 Å². The Bertz CT molecular complexity index is 235. The predicted molar refractivity (Wildman–Crippen MR) is 74.1 cm³/mol. The van der Waals surface area contributed by atoms with Crippen LogP contribution in [0.15, 0.2) is 0 Å². The Kier molecular flexibility index (Phi) is 8.12. The summed E-state index contributed by atoms with van der Waals surface area (Å²) in [6, 6.07) is 0.709. The molecule has 0 bridgehead atoms. The molecule has 0 radical (unpaired) electrons. The normalized spacial score (nSPS) is 25.8. The van der Waals surface area contributed by atoms with E-state index in [1.807, 2.05) is 0 Å². The van der Waals surface area contributed by atoms with Crippen LogP contribution >= 0.6 is 24.8 Å². The van der Waals surface area contributed by atoms with Gasteiger partial charge in [0.05, 0.1) is 5.92 Å². The first kappa shape index (κ1) is 17.0. The molecule has 0 aromatic rings. The third kappa shape index (κ3) is 4.28. The van der Waals surface area contributed by atoms with Gasteiger partial charge in [0, 0.05) is 19.6 Å². The van der Waals surface area contributed by atoms with Crippen LogP contribution in [0.25, 0.3) is 0 Å². The number of nitrogens with one attached hydrogen (secondary N) is 2. The second-order valence-electron chi connectivity index (χ2n) is 4.58. The Morgan fingerprint density at radius 3 is 2.47 bits per heavy atom. The SMILES string of the molecule is CNC(=O)[C@@H]1CCN(C2CCNCC2)C1.Cl.Cl. The van der Waals surface area contributed by atoms with Crippen molar-refractivity contribution in [2.75, 3.05) is 33.2 Å². The number of amides is 1. The fraction of sp³-hybridized carbons (Fsp3) is 0.909. The van der Waals surface area contributed by atoms with Crippen LogP contribution in [0.1, 0.15) is 19.3 Å². The van der Waals surface area contributed by atoms with Gasteiger partial charge in [-0.25, -0.2) is 0 Å². The first-order valence-corrected chi connectivity index (χ1v) is 5.97. The average Bonchev–Trinajstić information content (AvgIpc) is 2.78. The van der Waals surface area contributed by atoms with Crippen molar-refractivity contribution in [3.8, 4) is 0 Å². The lowest BCUT2D eigenvalue weighted by Gasteiger charge is -2.31. The number of hydrogen-bond donors (Lipinski definition) is 2. The maximum Gasteiger partial charge on any atom is 0.224 e. The van der Waals surface area contributed by atoms with Gasteiger partial charge >= 0.3 is 0 Å². The summed E-state index contributed by atoms with van der Waals surface area (Å²) in [5.74, 6) is 0.441. The molecule has 102 valence electrons. The molecule has 2 fully saturated rings. The van der Waals surface area contributed by atoms with Gasteiger partial charge in [0.1, 0.15) is 0 Å². The molecule has 2 rings (SSSR count). The molecule has 0 aliphatic carbocycles. The largest absolute Gasteiger partial charge is 0.359 e. The second-order valence-corrected chi connectivity index (χ2v) is 4.58. The van der Waals surface area contributed by atoms with Crippen LogP contribution in [0.4, 0.5) is 0 Å². The van der Waals surface area contributed by atoms with E-state index in [0.717, 1.165) is 32.6 Å². The standard InChI is InChI=1S/C11H21N3O.2ClH/c1-12-11(15)9-4-7-14(8-9)10-2-5-13-6-3-10;;/h9-10,13H,2-8H2,1H3,(H,12,15);2*1H/t9-;;/m1../s1. The van der Waals surface area contributed by atoms with Crippen LogP contribution < -0.4 is 10.6 Å². The van der Waals surface area contributed by atoms with Crippen molar-refractivity contribution in [2.45, 2.75) is 25.3 Å². The van der Waals surface area contributed by atoms with Crippen LogP contribution in [0.2, 0.25) is 0 Å². The van der Waals surface area contributed by atoms with Crippen molar-refractivity contribution in [3.63, 3.8) is 0 Å². The highest BCUT2D eigenvalue weighted by molar-refractivity contribution is 5.85. The molecular weight excluding hydrogens is 261 g/mol. The van der Waals surface area contributed by atoms with Gasteiger partial charge in [-0.1, -0.05) is 0 Å². The zero-order valence-corrected chi connectivity index (χ0v) is 11.9. The summed E-state index contributed by atoms with van der Waals surface area (Å²) in [5.41, 5.74) is 0. The Morgan fingerprint density at radius 1 is 1.24 bits per heavy atom. The summed E-state index contributed by atoms with van der Waals surface area (Å²) < 4.78 is 0. The Labute approximate surface area is 116 Å². The van der Waals surface area contributed by atoms with Gasteiger partial charge < -0.3 is 10.6 Å². The molecule has 6 heteroatoms. The van der Waals surface area contributed by atoms with E-state index in [1.165, 1.54) is 12.8 Å². The summed E-state index contributed by atoms with van der Waals surface area (Å²) in [7, 11) is 1.73. The molecular formula is C11H23Cl2N3O. The Hall–Kier alpha value is -0.0300. The number of likely N-dealkylation sites (tertiary alicyclic amines) is 1. The van der Waals surface area contributed by atoms with Crippen molar-refractivity contribution in [1.82, 2.24) is 15.5 Å². The number of nitrogens with zero attached hydrogens (tertiary/aromatic N) is 1. The van der Waals surface area contributed by atoms with Crippen molar-refractivity contribution < 1.29 is 4.79 Å². The summed E-state index contributed by atoms with van der Waals surface area (Å²) >= 11 is 0. The molecule has 2 heterocycles. The van der Waals surface area contributed by atoms with Gasteiger partial charge in [-0.2, -0.15) is 0 Å². The quantitative estimate of drug-likeness (QED) is 0.782. The lowest BCUT2D eigenvalue weighted by molar-refractivity contribution is -0.124. The number of halogens is 2. The number of carbonyl (C=O) groups excluding carboxylic acids is 1. The summed E-state index contributed by atoms with van der Waals surface area (Å²) in [6.07, 6.45) is 3.50. The van der Waals surface area contributed by atoms with Crippen molar-refractivity contribution in [3.05, 3.63) is 0 Å². The minimum Gasteiger partial charge on any atom is -0.359 e. The molecule has 0 aromatic heterocycles. The van der Waals surface area contributed by atoms with Gasteiger partial charge in [-0.3, -0.25) is 9.69 Å². The monoisotopic (exact) mass is 283 g/mol. The zero-order chi connectivity index (χ0) is 10.7. The van der Waals surface area contributed by atoms with Crippen molar-refractivity contribution in [2.24, 2.45) is 5.92 Å². The van der Waals surface area contributed by atoms with Gasteiger partial charge in [-0.15, -0.1) is 24.8 Å². The van der Waals surface area contributed by atoms with E-state index in [9.17, 15) is 4.79 Å². The highest BCUT2D eigenvalue weighted by Gasteiger charge is 2.32. The summed E-state index contributed by atoms with van der Waals surface area (Å²) in [6.45, 7) is 4.32. The smallest absolute Gasteiger partial charge is 0.224 e. The maximum absolute atomic E-state index is 11.5. The average molecular weight is 284 g/mol. The number of piperidine rings is 1. The fourth-order valence-corrected chi connectivity index (χ4v) is 2.71. The molecule has 2 aliphatic rings. The Morgan fingerprint density at radius 2 is 1.88 bits per heavy atom. The number of rotatable bonds is 2. The first-order valence-electron chi connectivity index (χ1n) is 5.97. The molecule has 2 saturated heterocycles. The van der Waals surface area contributed by atoms with E-state index in [1.54, 1.807) is 7.05 Å². The maximum atomic E-state index is 11.5. The van der Waals surface area contributed by atoms with E-state index < -0.39 is 0 Å². The molecule has 17 heavy (non-hydrogen) atoms. The predicted octanol–water partition coefficient (Wildman–Crippen LogP) is 0.650. The molecule has 1 atom stereocenters. The van der Waals surface area contributed by atoms with E-state index >= 15 is 0 Å². The molecule has 0 unspecified atom stereocenters. The van der Waals surface area contributed by atoms with Crippen LogP contribution in [0.5, 0.6) is 0 Å². The highest BCUT2D eigenvalue weighted by atomic mass is 35.5.